The number of anilines is 1. The van der Waals surface area contributed by atoms with E-state index in [1.54, 1.807) is 6.07 Å². The fourth-order valence-electron chi connectivity index (χ4n) is 2.09. The minimum atomic E-state index is -0.292. The molecule has 1 unspecified atom stereocenters. The van der Waals surface area contributed by atoms with Gasteiger partial charge in [-0.3, -0.25) is 0 Å². The molecule has 0 aromatic heterocycles. The number of benzene rings is 2. The maximum Gasteiger partial charge on any atom is 0.125 e. The van der Waals surface area contributed by atoms with Gasteiger partial charge in [-0.15, -0.1) is 0 Å². The van der Waals surface area contributed by atoms with Gasteiger partial charge in [0.15, 0.2) is 0 Å². The summed E-state index contributed by atoms with van der Waals surface area (Å²) in [5.41, 5.74) is 3.08. The van der Waals surface area contributed by atoms with Crippen LogP contribution in [0.1, 0.15) is 43.9 Å². The van der Waals surface area contributed by atoms with Gasteiger partial charge in [-0.2, -0.15) is 0 Å². The molecule has 1 atom stereocenters. The molecule has 20 heavy (non-hydrogen) atoms. The third-order valence-electron chi connectivity index (χ3n) is 3.40. The molecular formula is C17H19ClFN. The van der Waals surface area contributed by atoms with E-state index in [4.69, 9.17) is 11.6 Å². The van der Waals surface area contributed by atoms with Crippen LogP contribution >= 0.6 is 11.6 Å². The van der Waals surface area contributed by atoms with Crippen molar-refractivity contribution in [3.8, 4) is 0 Å². The van der Waals surface area contributed by atoms with E-state index in [0.29, 0.717) is 16.6 Å². The molecule has 2 aromatic rings. The Balaban J connectivity index is 2.15. The van der Waals surface area contributed by atoms with Gasteiger partial charge in [-0.05, 0) is 42.2 Å². The van der Waals surface area contributed by atoms with Crippen LogP contribution in [-0.2, 0) is 0 Å². The SMILES string of the molecule is CC(C)c1ccc(C(C)Nc2cc(F)ccc2Cl)cc1. The molecule has 3 heteroatoms. The normalized spacial score (nSPS) is 12.5. The Morgan fingerprint density at radius 1 is 0.950 bits per heavy atom. The molecule has 0 saturated heterocycles. The van der Waals surface area contributed by atoms with Crippen LogP contribution in [0.25, 0.3) is 0 Å². The lowest BCUT2D eigenvalue weighted by atomic mass is 9.99. The molecular weight excluding hydrogens is 273 g/mol. The quantitative estimate of drug-likeness (QED) is 0.753. The lowest BCUT2D eigenvalue weighted by Gasteiger charge is -2.17. The van der Waals surface area contributed by atoms with E-state index < -0.39 is 0 Å². The Morgan fingerprint density at radius 3 is 2.15 bits per heavy atom. The average molecular weight is 292 g/mol. The molecule has 0 heterocycles. The third kappa shape index (κ3) is 3.51. The van der Waals surface area contributed by atoms with E-state index in [1.165, 1.54) is 17.7 Å². The molecule has 0 fully saturated rings. The zero-order chi connectivity index (χ0) is 14.7. The molecule has 2 aromatic carbocycles. The summed E-state index contributed by atoms with van der Waals surface area (Å²) in [4.78, 5) is 0. The lowest BCUT2D eigenvalue weighted by Crippen LogP contribution is -2.07. The summed E-state index contributed by atoms with van der Waals surface area (Å²) in [6.07, 6.45) is 0. The van der Waals surface area contributed by atoms with Gasteiger partial charge in [0.05, 0.1) is 10.7 Å². The first kappa shape index (κ1) is 14.9. The maximum atomic E-state index is 13.2. The van der Waals surface area contributed by atoms with Gasteiger partial charge in [-0.1, -0.05) is 49.7 Å². The number of hydrogen-bond donors (Lipinski definition) is 1. The van der Waals surface area contributed by atoms with E-state index in [2.05, 4.69) is 43.4 Å². The molecule has 0 amide bonds. The number of rotatable bonds is 4. The second-order valence-electron chi connectivity index (χ2n) is 5.31. The Bertz CT molecular complexity index is 578. The topological polar surface area (TPSA) is 12.0 Å². The summed E-state index contributed by atoms with van der Waals surface area (Å²) in [6, 6.07) is 12.9. The first-order valence-electron chi connectivity index (χ1n) is 6.79. The highest BCUT2D eigenvalue weighted by molar-refractivity contribution is 6.33. The van der Waals surface area contributed by atoms with Crippen molar-refractivity contribution in [3.05, 3.63) is 64.4 Å². The summed E-state index contributed by atoms with van der Waals surface area (Å²) in [6.45, 7) is 6.37. The first-order chi connectivity index (χ1) is 9.47. The Hall–Kier alpha value is -1.54. The van der Waals surface area contributed by atoms with Crippen molar-refractivity contribution in [2.24, 2.45) is 0 Å². The van der Waals surface area contributed by atoms with E-state index in [0.717, 1.165) is 5.56 Å². The van der Waals surface area contributed by atoms with Gasteiger partial charge in [-0.25, -0.2) is 4.39 Å². The summed E-state index contributed by atoms with van der Waals surface area (Å²) < 4.78 is 13.2. The van der Waals surface area contributed by atoms with E-state index >= 15 is 0 Å². The Morgan fingerprint density at radius 2 is 1.55 bits per heavy atom. The molecule has 1 N–H and O–H groups in total. The van der Waals surface area contributed by atoms with Gasteiger partial charge in [0.2, 0.25) is 0 Å². The fraction of sp³-hybridized carbons (Fsp3) is 0.294. The van der Waals surface area contributed by atoms with Crippen LogP contribution in [0.5, 0.6) is 0 Å². The van der Waals surface area contributed by atoms with E-state index in [-0.39, 0.29) is 11.9 Å². The van der Waals surface area contributed by atoms with E-state index in [9.17, 15) is 4.39 Å². The van der Waals surface area contributed by atoms with Crippen LogP contribution in [-0.4, -0.2) is 0 Å². The Labute approximate surface area is 124 Å². The molecule has 0 bridgehead atoms. The third-order valence-corrected chi connectivity index (χ3v) is 3.73. The van der Waals surface area contributed by atoms with Crippen molar-refractivity contribution in [3.63, 3.8) is 0 Å². The molecule has 0 spiro atoms. The predicted molar refractivity (Wildman–Crippen MR) is 84.0 cm³/mol. The largest absolute Gasteiger partial charge is 0.377 e. The molecule has 106 valence electrons. The van der Waals surface area contributed by atoms with Gasteiger partial charge in [0, 0.05) is 6.04 Å². The number of hydrogen-bond acceptors (Lipinski definition) is 1. The minimum absolute atomic E-state index is 0.0653. The lowest BCUT2D eigenvalue weighted by molar-refractivity contribution is 0.628. The van der Waals surface area contributed by atoms with Crippen LogP contribution in [0, 0.1) is 5.82 Å². The smallest absolute Gasteiger partial charge is 0.125 e. The average Bonchev–Trinajstić information content (AvgIpc) is 2.43. The van der Waals surface area contributed by atoms with Crippen molar-refractivity contribution >= 4 is 17.3 Å². The van der Waals surface area contributed by atoms with Gasteiger partial charge in [0.1, 0.15) is 5.82 Å². The van der Waals surface area contributed by atoms with Gasteiger partial charge >= 0.3 is 0 Å². The first-order valence-corrected chi connectivity index (χ1v) is 7.16. The van der Waals surface area contributed by atoms with Crippen molar-refractivity contribution < 1.29 is 4.39 Å². The Kier molecular flexibility index (Phi) is 4.66. The highest BCUT2D eigenvalue weighted by atomic mass is 35.5. The van der Waals surface area contributed by atoms with Crippen LogP contribution in [0.2, 0.25) is 5.02 Å². The standard InChI is InChI=1S/C17H19ClFN/c1-11(2)13-4-6-14(7-5-13)12(3)20-17-10-15(19)8-9-16(17)18/h4-12,20H,1-3H3. The fourth-order valence-corrected chi connectivity index (χ4v) is 2.27. The molecule has 1 nitrogen and oxygen atoms in total. The monoisotopic (exact) mass is 291 g/mol. The molecule has 2 rings (SSSR count). The second-order valence-corrected chi connectivity index (χ2v) is 5.72. The zero-order valence-corrected chi connectivity index (χ0v) is 12.7. The van der Waals surface area contributed by atoms with Crippen LogP contribution in [0.15, 0.2) is 42.5 Å². The van der Waals surface area contributed by atoms with Crippen molar-refractivity contribution in [2.45, 2.75) is 32.7 Å². The molecule has 0 saturated carbocycles. The van der Waals surface area contributed by atoms with Crippen molar-refractivity contribution in [1.29, 1.82) is 0 Å². The molecule has 0 aliphatic rings. The van der Waals surface area contributed by atoms with E-state index in [1.807, 2.05) is 6.92 Å². The predicted octanol–water partition coefficient (Wildman–Crippen LogP) is 5.78. The highest BCUT2D eigenvalue weighted by Gasteiger charge is 2.09. The van der Waals surface area contributed by atoms with Crippen molar-refractivity contribution in [1.82, 2.24) is 0 Å². The molecule has 0 aliphatic heterocycles. The van der Waals surface area contributed by atoms with Gasteiger partial charge in [0.25, 0.3) is 0 Å². The summed E-state index contributed by atoms with van der Waals surface area (Å²) in [5.74, 6) is 0.226. The molecule has 0 radical (unpaired) electrons. The minimum Gasteiger partial charge on any atom is -0.377 e. The van der Waals surface area contributed by atoms with Crippen molar-refractivity contribution in [2.75, 3.05) is 5.32 Å². The second kappa shape index (κ2) is 6.27. The summed E-state index contributed by atoms with van der Waals surface area (Å²) >= 11 is 6.07. The molecule has 0 aliphatic carbocycles. The maximum absolute atomic E-state index is 13.2. The van der Waals surface area contributed by atoms with Crippen LogP contribution in [0.4, 0.5) is 10.1 Å². The zero-order valence-electron chi connectivity index (χ0n) is 12.0. The highest BCUT2D eigenvalue weighted by Crippen LogP contribution is 2.27. The van der Waals surface area contributed by atoms with Crippen LogP contribution < -0.4 is 5.32 Å². The summed E-state index contributed by atoms with van der Waals surface area (Å²) in [7, 11) is 0. The number of nitrogens with one attached hydrogen (secondary N) is 1. The summed E-state index contributed by atoms with van der Waals surface area (Å²) in [5, 5.41) is 3.77. The number of halogens is 2. The van der Waals surface area contributed by atoms with Crippen LogP contribution in [0.3, 0.4) is 0 Å². The van der Waals surface area contributed by atoms with Gasteiger partial charge < -0.3 is 5.32 Å².